The maximum Gasteiger partial charge on any atom is 0.305 e. The van der Waals surface area contributed by atoms with Crippen molar-refractivity contribution in [1.82, 2.24) is 0 Å². The van der Waals surface area contributed by atoms with Gasteiger partial charge in [0.15, 0.2) is 12.2 Å². The van der Waals surface area contributed by atoms with Crippen LogP contribution >= 0.6 is 0 Å². The molecule has 0 aromatic rings. The van der Waals surface area contributed by atoms with E-state index in [0.717, 1.165) is 33.6 Å². The predicted octanol–water partition coefficient (Wildman–Crippen LogP) is 2.20. The Labute approximate surface area is 199 Å². The largest absolute Gasteiger partial charge is 0.456 e. The average molecular weight is 485 g/mol. The summed E-state index contributed by atoms with van der Waals surface area (Å²) in [6.45, 7) is 9.65. The topological polar surface area (TPSA) is 135 Å². The molecule has 1 unspecified atom stereocenters. The van der Waals surface area contributed by atoms with Gasteiger partial charge in [0, 0.05) is 33.1 Å². The van der Waals surface area contributed by atoms with Gasteiger partial charge < -0.3 is 28.8 Å². The van der Waals surface area contributed by atoms with Crippen molar-refractivity contribution < 1.29 is 48.0 Å². The van der Waals surface area contributed by atoms with E-state index in [4.69, 9.17) is 23.7 Å². The molecule has 10 nitrogen and oxygen atoms in total. The van der Waals surface area contributed by atoms with Crippen molar-refractivity contribution >= 4 is 23.9 Å². The summed E-state index contributed by atoms with van der Waals surface area (Å²) < 4.78 is 28.6. The monoisotopic (exact) mass is 484 g/mol. The van der Waals surface area contributed by atoms with E-state index in [-0.39, 0.29) is 5.92 Å². The molecule has 0 aromatic carbocycles. The van der Waals surface area contributed by atoms with E-state index < -0.39 is 66.1 Å². The second-order valence-electron chi connectivity index (χ2n) is 9.52. The summed E-state index contributed by atoms with van der Waals surface area (Å²) in [6, 6.07) is 0. The first-order valence-electron chi connectivity index (χ1n) is 11.4. The highest BCUT2D eigenvalue weighted by Crippen LogP contribution is 2.53. The Kier molecular flexibility index (Phi) is 8.87. The third-order valence-electron chi connectivity index (χ3n) is 6.62. The highest BCUT2D eigenvalue weighted by atomic mass is 16.8. The first kappa shape index (κ1) is 27.8. The third-order valence-corrected chi connectivity index (χ3v) is 6.62. The van der Waals surface area contributed by atoms with Crippen LogP contribution < -0.4 is 0 Å². The molecule has 1 aliphatic carbocycles. The van der Waals surface area contributed by atoms with Gasteiger partial charge in [0.2, 0.25) is 6.10 Å². The molecule has 2 aliphatic rings. The van der Waals surface area contributed by atoms with Gasteiger partial charge in [-0.3, -0.25) is 19.2 Å². The van der Waals surface area contributed by atoms with Gasteiger partial charge in [-0.1, -0.05) is 25.5 Å². The molecule has 0 spiro atoms. The van der Waals surface area contributed by atoms with Crippen molar-refractivity contribution in [2.45, 2.75) is 97.9 Å². The summed E-state index contributed by atoms with van der Waals surface area (Å²) in [4.78, 5) is 48.5. The van der Waals surface area contributed by atoms with Gasteiger partial charge in [-0.15, -0.1) is 0 Å². The molecule has 0 radical (unpaired) electrons. The van der Waals surface area contributed by atoms with Crippen LogP contribution in [-0.4, -0.2) is 65.8 Å². The fourth-order valence-corrected chi connectivity index (χ4v) is 4.93. The summed E-state index contributed by atoms with van der Waals surface area (Å²) in [7, 11) is 0. The molecule has 1 fully saturated rings. The molecule has 0 bridgehead atoms. The number of rotatable bonds is 7. The second-order valence-corrected chi connectivity index (χ2v) is 9.52. The summed E-state index contributed by atoms with van der Waals surface area (Å²) >= 11 is 0. The van der Waals surface area contributed by atoms with Crippen LogP contribution in [0.3, 0.4) is 0 Å². The standard InChI is InChI=1S/C24H36O10/c1-13-8-10-18(11-9-13)23(6,7)24(33-17(5)29)22(32-16(4)28)21(31-15(3)27)20(30-14(2)26)19(12-25)34-24/h8,18-22,25H,9-12H2,1-7H3/t18?,19-,20-,21+,22-,24+/m1/s1. The van der Waals surface area contributed by atoms with Crippen LogP contribution in [0, 0.1) is 11.3 Å². The molecular weight excluding hydrogens is 448 g/mol. The lowest BCUT2D eigenvalue weighted by atomic mass is 9.63. The fourth-order valence-electron chi connectivity index (χ4n) is 4.93. The molecule has 192 valence electrons. The molecule has 34 heavy (non-hydrogen) atoms. The lowest BCUT2D eigenvalue weighted by Crippen LogP contribution is -2.74. The van der Waals surface area contributed by atoms with Crippen molar-refractivity contribution in [2.24, 2.45) is 11.3 Å². The lowest BCUT2D eigenvalue weighted by Gasteiger charge is -2.57. The maximum absolute atomic E-state index is 12.4. The quantitative estimate of drug-likeness (QED) is 0.325. The summed E-state index contributed by atoms with van der Waals surface area (Å²) in [6.07, 6.45) is -1.14. The number of carbonyl (C=O) groups excluding carboxylic acids is 4. The van der Waals surface area contributed by atoms with Crippen LogP contribution in [0.5, 0.6) is 0 Å². The Morgan fingerprint density at radius 2 is 1.56 bits per heavy atom. The van der Waals surface area contributed by atoms with Crippen molar-refractivity contribution in [2.75, 3.05) is 6.61 Å². The van der Waals surface area contributed by atoms with Gasteiger partial charge >= 0.3 is 23.9 Å². The zero-order valence-corrected chi connectivity index (χ0v) is 20.9. The molecule has 0 amide bonds. The average Bonchev–Trinajstić information content (AvgIpc) is 2.71. The first-order valence-corrected chi connectivity index (χ1v) is 11.4. The Morgan fingerprint density at radius 1 is 1.00 bits per heavy atom. The van der Waals surface area contributed by atoms with Gasteiger partial charge in [-0.05, 0) is 32.1 Å². The van der Waals surface area contributed by atoms with Gasteiger partial charge in [-0.2, -0.15) is 0 Å². The predicted molar refractivity (Wildman–Crippen MR) is 118 cm³/mol. The third kappa shape index (κ3) is 5.78. The van der Waals surface area contributed by atoms with E-state index >= 15 is 0 Å². The number of allylic oxidation sites excluding steroid dienone is 2. The molecule has 1 N–H and O–H groups in total. The molecule has 10 heteroatoms. The summed E-state index contributed by atoms with van der Waals surface area (Å²) in [5, 5.41) is 10.2. The number of ether oxygens (including phenoxy) is 5. The SMILES string of the molecule is CC(=O)O[C@H]1[C@H](OC(C)=O)[C@@H](CO)O[C@](OC(C)=O)(C(C)(C)C2CC=C(C)CC2)[C@@H]1OC(C)=O. The summed E-state index contributed by atoms with van der Waals surface area (Å²) in [5.41, 5.74) is 0.235. The van der Waals surface area contributed by atoms with Crippen LogP contribution in [0.4, 0.5) is 0 Å². The van der Waals surface area contributed by atoms with E-state index in [1.54, 1.807) is 0 Å². The van der Waals surface area contributed by atoms with Crippen molar-refractivity contribution in [3.05, 3.63) is 11.6 Å². The molecular formula is C24H36O10. The number of hydrogen-bond acceptors (Lipinski definition) is 10. The van der Waals surface area contributed by atoms with Crippen molar-refractivity contribution in [3.8, 4) is 0 Å². The molecule has 6 atom stereocenters. The number of aliphatic hydroxyl groups excluding tert-OH is 1. The molecule has 0 aromatic heterocycles. The molecule has 1 saturated heterocycles. The maximum atomic E-state index is 12.4. The Bertz CT molecular complexity index is 832. The zero-order valence-electron chi connectivity index (χ0n) is 20.9. The highest BCUT2D eigenvalue weighted by molar-refractivity contribution is 5.69. The van der Waals surface area contributed by atoms with Gasteiger partial charge in [0.25, 0.3) is 5.79 Å². The van der Waals surface area contributed by atoms with Crippen molar-refractivity contribution in [3.63, 3.8) is 0 Å². The van der Waals surface area contributed by atoms with Crippen LogP contribution in [0.2, 0.25) is 0 Å². The van der Waals surface area contributed by atoms with Gasteiger partial charge in [0.05, 0.1) is 6.61 Å². The first-order chi connectivity index (χ1) is 15.7. The summed E-state index contributed by atoms with van der Waals surface area (Å²) in [5.74, 6) is -4.99. The van der Waals surface area contributed by atoms with E-state index in [0.29, 0.717) is 6.42 Å². The number of esters is 4. The Balaban J connectivity index is 2.75. The van der Waals surface area contributed by atoms with Crippen LogP contribution in [-0.2, 0) is 42.9 Å². The lowest BCUT2D eigenvalue weighted by molar-refractivity contribution is -0.392. The second kappa shape index (κ2) is 10.9. The minimum Gasteiger partial charge on any atom is -0.456 e. The van der Waals surface area contributed by atoms with Gasteiger partial charge in [-0.25, -0.2) is 0 Å². The van der Waals surface area contributed by atoms with Gasteiger partial charge in [0.1, 0.15) is 6.10 Å². The fraction of sp³-hybridized carbons (Fsp3) is 0.750. The number of aliphatic hydroxyl groups is 1. The number of carbonyl (C=O) groups is 4. The molecule has 0 saturated carbocycles. The molecule has 1 heterocycles. The Hall–Kier alpha value is -2.46. The van der Waals surface area contributed by atoms with E-state index in [9.17, 15) is 24.3 Å². The smallest absolute Gasteiger partial charge is 0.305 e. The highest BCUT2D eigenvalue weighted by Gasteiger charge is 2.69. The minimum absolute atomic E-state index is 0.0868. The zero-order chi connectivity index (χ0) is 25.8. The normalized spacial score (nSPS) is 31.6. The van der Waals surface area contributed by atoms with Crippen molar-refractivity contribution in [1.29, 1.82) is 0 Å². The van der Waals surface area contributed by atoms with E-state index in [1.165, 1.54) is 12.5 Å². The van der Waals surface area contributed by atoms with E-state index in [2.05, 4.69) is 6.08 Å². The van der Waals surface area contributed by atoms with E-state index in [1.807, 2.05) is 20.8 Å². The molecule has 2 rings (SSSR count). The van der Waals surface area contributed by atoms with Crippen LogP contribution in [0.25, 0.3) is 0 Å². The van der Waals surface area contributed by atoms with Crippen LogP contribution in [0.15, 0.2) is 11.6 Å². The number of hydrogen-bond donors (Lipinski definition) is 1. The Morgan fingerprint density at radius 3 is 2.00 bits per heavy atom. The molecule has 1 aliphatic heterocycles. The van der Waals surface area contributed by atoms with Crippen LogP contribution in [0.1, 0.15) is 67.7 Å². The minimum atomic E-state index is -1.96.